The third-order valence-electron chi connectivity index (χ3n) is 4.98. The average Bonchev–Trinajstić information content (AvgIpc) is 3.46. The molecule has 2 aromatic heterocycles. The largest absolute Gasteiger partial charge is 0.461 e. The molecule has 0 N–H and O–H groups in total. The summed E-state index contributed by atoms with van der Waals surface area (Å²) in [6.45, 7) is 2.60. The lowest BCUT2D eigenvalue weighted by atomic mass is 10.2. The zero-order valence-electron chi connectivity index (χ0n) is 16.5. The molecule has 0 spiro atoms. The molecule has 1 atom stereocenters. The fourth-order valence-corrected chi connectivity index (χ4v) is 6.15. The van der Waals surface area contributed by atoms with Crippen molar-refractivity contribution in [3.8, 4) is 11.6 Å². The number of amides is 1. The molecule has 4 rings (SSSR count). The van der Waals surface area contributed by atoms with Gasteiger partial charge in [-0.1, -0.05) is 30.0 Å². The number of anilines is 1. The summed E-state index contributed by atoms with van der Waals surface area (Å²) in [6.07, 6.45) is 2.02. The first kappa shape index (κ1) is 20.7. The predicted octanol–water partition coefficient (Wildman–Crippen LogP) is 2.87. The van der Waals surface area contributed by atoms with Crippen LogP contribution in [0.1, 0.15) is 13.3 Å². The molecule has 158 valence electrons. The van der Waals surface area contributed by atoms with Gasteiger partial charge < -0.3 is 9.32 Å². The van der Waals surface area contributed by atoms with Crippen molar-refractivity contribution in [1.82, 2.24) is 14.8 Å². The Morgan fingerprint density at radius 3 is 2.67 bits per heavy atom. The number of thioether (sulfide) groups is 1. The summed E-state index contributed by atoms with van der Waals surface area (Å²) in [5, 5.41) is 9.03. The van der Waals surface area contributed by atoms with Gasteiger partial charge in [0.25, 0.3) is 0 Å². The van der Waals surface area contributed by atoms with E-state index in [1.165, 1.54) is 11.8 Å². The second-order valence-corrected chi connectivity index (χ2v) is 10.1. The number of carbonyl (C=O) groups is 1. The summed E-state index contributed by atoms with van der Waals surface area (Å²) >= 11 is 1.29. The van der Waals surface area contributed by atoms with Crippen molar-refractivity contribution in [3.63, 3.8) is 0 Å². The van der Waals surface area contributed by atoms with Gasteiger partial charge in [0, 0.05) is 12.2 Å². The van der Waals surface area contributed by atoms with E-state index in [1.54, 1.807) is 17.2 Å². The normalized spacial score (nSPS) is 17.8. The van der Waals surface area contributed by atoms with E-state index in [-0.39, 0.29) is 29.2 Å². The highest BCUT2D eigenvalue weighted by molar-refractivity contribution is 7.99. The third-order valence-corrected chi connectivity index (χ3v) is 7.68. The number of rotatable bonds is 7. The van der Waals surface area contributed by atoms with Crippen LogP contribution in [-0.4, -0.2) is 52.4 Å². The molecule has 1 fully saturated rings. The van der Waals surface area contributed by atoms with Crippen LogP contribution in [0.2, 0.25) is 0 Å². The Kier molecular flexibility index (Phi) is 5.96. The van der Waals surface area contributed by atoms with Gasteiger partial charge in [0.1, 0.15) is 0 Å². The molecule has 1 saturated heterocycles. The summed E-state index contributed by atoms with van der Waals surface area (Å²) in [5.74, 6) is 1.30. The topological polar surface area (TPSA) is 98.3 Å². The number of nitrogens with zero attached hydrogens (tertiary/aromatic N) is 4. The van der Waals surface area contributed by atoms with E-state index >= 15 is 0 Å². The Bertz CT molecular complexity index is 1110. The van der Waals surface area contributed by atoms with E-state index in [9.17, 15) is 13.2 Å². The fraction of sp³-hybridized carbons (Fsp3) is 0.350. The minimum Gasteiger partial charge on any atom is -0.461 e. The molecule has 30 heavy (non-hydrogen) atoms. The number of aromatic nitrogens is 3. The molecule has 1 aliphatic heterocycles. The first-order valence-electron chi connectivity index (χ1n) is 9.66. The van der Waals surface area contributed by atoms with E-state index < -0.39 is 9.84 Å². The van der Waals surface area contributed by atoms with Gasteiger partial charge >= 0.3 is 0 Å². The SMILES string of the molecule is CCn1c(SCC(=O)N(c2ccccc2)[C@H]2CCS(=O)(=O)C2)nnc1-c1ccco1. The summed E-state index contributed by atoms with van der Waals surface area (Å²) in [7, 11) is -3.12. The quantitative estimate of drug-likeness (QED) is 0.515. The highest BCUT2D eigenvalue weighted by Gasteiger charge is 2.35. The van der Waals surface area contributed by atoms with Crippen molar-refractivity contribution in [3.05, 3.63) is 48.7 Å². The van der Waals surface area contributed by atoms with Crippen LogP contribution in [-0.2, 0) is 21.2 Å². The van der Waals surface area contributed by atoms with Gasteiger partial charge in [-0.3, -0.25) is 9.36 Å². The summed E-state index contributed by atoms with van der Waals surface area (Å²) in [6, 6.07) is 12.5. The summed E-state index contributed by atoms with van der Waals surface area (Å²) < 4.78 is 31.3. The van der Waals surface area contributed by atoms with Gasteiger partial charge in [-0.2, -0.15) is 0 Å². The van der Waals surface area contributed by atoms with Gasteiger partial charge in [0.15, 0.2) is 26.6 Å². The standard InChI is InChI=1S/C20H22N4O4S2/c1-2-23-19(17-9-6-11-28-17)21-22-20(23)29-13-18(25)24(15-7-4-3-5-8-15)16-10-12-30(26,27)14-16/h3-9,11,16H,2,10,12-14H2,1H3/t16-/m0/s1. The molecule has 1 aliphatic rings. The molecule has 0 bridgehead atoms. The van der Waals surface area contributed by atoms with Crippen LogP contribution in [0.3, 0.4) is 0 Å². The zero-order chi connectivity index (χ0) is 21.1. The zero-order valence-corrected chi connectivity index (χ0v) is 18.1. The lowest BCUT2D eigenvalue weighted by Gasteiger charge is -2.28. The van der Waals surface area contributed by atoms with Crippen molar-refractivity contribution >= 4 is 33.2 Å². The van der Waals surface area contributed by atoms with Crippen molar-refractivity contribution in [2.24, 2.45) is 0 Å². The molecule has 3 aromatic rings. The van der Waals surface area contributed by atoms with Crippen LogP contribution >= 0.6 is 11.8 Å². The second kappa shape index (κ2) is 8.65. The van der Waals surface area contributed by atoms with E-state index in [0.717, 1.165) is 0 Å². The Labute approximate surface area is 179 Å². The number of hydrogen-bond acceptors (Lipinski definition) is 7. The lowest BCUT2D eigenvalue weighted by molar-refractivity contribution is -0.116. The van der Waals surface area contributed by atoms with Gasteiger partial charge in [-0.05, 0) is 37.6 Å². The number of furan rings is 1. The molecular formula is C20H22N4O4S2. The molecule has 3 heterocycles. The van der Waals surface area contributed by atoms with Crippen LogP contribution < -0.4 is 4.90 Å². The van der Waals surface area contributed by atoms with Crippen LogP contribution in [0.15, 0.2) is 58.3 Å². The molecule has 8 nitrogen and oxygen atoms in total. The average molecular weight is 447 g/mol. The molecule has 0 aliphatic carbocycles. The molecule has 10 heteroatoms. The Hall–Kier alpha value is -2.59. The Morgan fingerprint density at radius 1 is 1.23 bits per heavy atom. The summed E-state index contributed by atoms with van der Waals surface area (Å²) in [5.41, 5.74) is 0.707. The van der Waals surface area contributed by atoms with E-state index in [1.807, 2.05) is 47.9 Å². The lowest BCUT2D eigenvalue weighted by Crippen LogP contribution is -2.42. The smallest absolute Gasteiger partial charge is 0.237 e. The maximum absolute atomic E-state index is 13.2. The minimum atomic E-state index is -3.12. The van der Waals surface area contributed by atoms with Crippen molar-refractivity contribution < 1.29 is 17.6 Å². The molecule has 1 aromatic carbocycles. The molecular weight excluding hydrogens is 424 g/mol. The Balaban J connectivity index is 1.54. The number of sulfone groups is 1. The van der Waals surface area contributed by atoms with E-state index in [4.69, 9.17) is 4.42 Å². The monoisotopic (exact) mass is 446 g/mol. The first-order valence-corrected chi connectivity index (χ1v) is 12.5. The minimum absolute atomic E-state index is 0.00785. The van der Waals surface area contributed by atoms with Crippen molar-refractivity contribution in [2.75, 3.05) is 22.2 Å². The van der Waals surface area contributed by atoms with Crippen LogP contribution in [0, 0.1) is 0 Å². The molecule has 0 saturated carbocycles. The Morgan fingerprint density at radius 2 is 2.03 bits per heavy atom. The third kappa shape index (κ3) is 4.29. The number of para-hydroxylation sites is 1. The maximum Gasteiger partial charge on any atom is 0.237 e. The fourth-order valence-electron chi connectivity index (χ4n) is 3.59. The van der Waals surface area contributed by atoms with Crippen molar-refractivity contribution in [2.45, 2.75) is 31.1 Å². The predicted molar refractivity (Wildman–Crippen MR) is 115 cm³/mol. The van der Waals surface area contributed by atoms with Gasteiger partial charge in [-0.15, -0.1) is 10.2 Å². The first-order chi connectivity index (χ1) is 14.5. The van der Waals surface area contributed by atoms with E-state index in [2.05, 4.69) is 10.2 Å². The van der Waals surface area contributed by atoms with Crippen molar-refractivity contribution in [1.29, 1.82) is 0 Å². The number of hydrogen-bond donors (Lipinski definition) is 0. The van der Waals surface area contributed by atoms with Crippen LogP contribution in [0.4, 0.5) is 5.69 Å². The van der Waals surface area contributed by atoms with Gasteiger partial charge in [0.05, 0.1) is 29.6 Å². The molecule has 0 unspecified atom stereocenters. The van der Waals surface area contributed by atoms with E-state index in [0.29, 0.717) is 35.4 Å². The van der Waals surface area contributed by atoms with Gasteiger partial charge in [0.2, 0.25) is 5.91 Å². The maximum atomic E-state index is 13.2. The summed E-state index contributed by atoms with van der Waals surface area (Å²) in [4.78, 5) is 14.8. The van der Waals surface area contributed by atoms with Crippen LogP contribution in [0.5, 0.6) is 0 Å². The van der Waals surface area contributed by atoms with Crippen LogP contribution in [0.25, 0.3) is 11.6 Å². The highest BCUT2D eigenvalue weighted by atomic mass is 32.2. The number of carbonyl (C=O) groups excluding carboxylic acids is 1. The number of benzene rings is 1. The second-order valence-electron chi connectivity index (χ2n) is 6.97. The van der Waals surface area contributed by atoms with Gasteiger partial charge in [-0.25, -0.2) is 8.42 Å². The molecule has 0 radical (unpaired) electrons. The molecule has 1 amide bonds. The highest BCUT2D eigenvalue weighted by Crippen LogP contribution is 2.28.